The molecule has 0 saturated carbocycles. The molecule has 0 aliphatic rings. The van der Waals surface area contributed by atoms with Crippen molar-refractivity contribution in [2.75, 3.05) is 12.9 Å². The molecule has 0 saturated heterocycles. The Labute approximate surface area is 140 Å². The lowest BCUT2D eigenvalue weighted by molar-refractivity contribution is -0.118. The number of nitrogens with zero attached hydrogens (tertiary/aromatic N) is 3. The van der Waals surface area contributed by atoms with Gasteiger partial charge in [0.05, 0.1) is 19.4 Å². The summed E-state index contributed by atoms with van der Waals surface area (Å²) >= 11 is 2.83. The van der Waals surface area contributed by atoms with Crippen molar-refractivity contribution in [1.29, 1.82) is 0 Å². The molecule has 1 amide bonds. The number of hydrogen-bond donors (Lipinski definition) is 1. The maximum absolute atomic E-state index is 11.8. The number of benzene rings is 1. The molecule has 0 aliphatic heterocycles. The van der Waals surface area contributed by atoms with Crippen LogP contribution in [0.1, 0.15) is 10.9 Å². The molecule has 1 N–H and O–H groups in total. The molecule has 0 bridgehead atoms. The molecule has 2 heterocycles. The summed E-state index contributed by atoms with van der Waals surface area (Å²) in [6.45, 7) is 2.12. The minimum Gasteiger partial charge on any atom is -0.497 e. The first-order chi connectivity index (χ1) is 11.1. The van der Waals surface area contributed by atoms with Crippen LogP contribution in [0, 0.1) is 6.92 Å². The van der Waals surface area contributed by atoms with Crippen molar-refractivity contribution in [3.8, 4) is 5.75 Å². The summed E-state index contributed by atoms with van der Waals surface area (Å²) in [5.74, 6) is 1.34. The van der Waals surface area contributed by atoms with Crippen molar-refractivity contribution in [2.45, 2.75) is 17.8 Å². The van der Waals surface area contributed by atoms with Gasteiger partial charge in [-0.15, -0.1) is 10.2 Å². The highest BCUT2D eigenvalue weighted by molar-refractivity contribution is 8.01. The molecule has 0 aliphatic carbocycles. The van der Waals surface area contributed by atoms with E-state index in [0.29, 0.717) is 22.7 Å². The summed E-state index contributed by atoms with van der Waals surface area (Å²) in [6.07, 6.45) is 0. The number of hydrogen-bond acceptors (Lipinski definition) is 8. The lowest BCUT2D eigenvalue weighted by Gasteiger charge is -2.00. The zero-order valence-electron chi connectivity index (χ0n) is 12.5. The number of aryl methyl sites for hydroxylation is 1. The van der Waals surface area contributed by atoms with E-state index in [9.17, 15) is 4.79 Å². The van der Waals surface area contributed by atoms with E-state index in [1.54, 1.807) is 25.3 Å². The van der Waals surface area contributed by atoms with Crippen LogP contribution in [0.25, 0.3) is 11.1 Å². The molecule has 0 spiro atoms. The van der Waals surface area contributed by atoms with Gasteiger partial charge in [-0.05, 0) is 19.1 Å². The molecule has 1 aromatic carbocycles. The number of rotatable bonds is 6. The van der Waals surface area contributed by atoms with E-state index in [4.69, 9.17) is 9.15 Å². The second-order valence-corrected chi connectivity index (χ2v) is 7.00. The first kappa shape index (κ1) is 15.8. The SMILES string of the molecule is COc1ccc2oc(CNC(=O)CSc3nnc(C)s3)nc2c1. The Bertz CT molecular complexity index is 830. The molecule has 120 valence electrons. The van der Waals surface area contributed by atoms with Crippen molar-refractivity contribution in [1.82, 2.24) is 20.5 Å². The highest BCUT2D eigenvalue weighted by Crippen LogP contribution is 2.22. The van der Waals surface area contributed by atoms with Gasteiger partial charge in [0.2, 0.25) is 11.8 Å². The van der Waals surface area contributed by atoms with Crippen LogP contribution in [0.4, 0.5) is 0 Å². The van der Waals surface area contributed by atoms with Crippen LogP contribution in [0.5, 0.6) is 5.75 Å². The van der Waals surface area contributed by atoms with Gasteiger partial charge >= 0.3 is 0 Å². The zero-order valence-corrected chi connectivity index (χ0v) is 14.2. The van der Waals surface area contributed by atoms with E-state index >= 15 is 0 Å². The van der Waals surface area contributed by atoms with E-state index in [1.807, 2.05) is 6.92 Å². The number of carbonyl (C=O) groups excluding carboxylic acids is 1. The van der Waals surface area contributed by atoms with Gasteiger partial charge in [0.15, 0.2) is 9.92 Å². The average molecular weight is 350 g/mol. The highest BCUT2D eigenvalue weighted by atomic mass is 32.2. The lowest BCUT2D eigenvalue weighted by atomic mass is 10.3. The number of aromatic nitrogens is 3. The summed E-state index contributed by atoms with van der Waals surface area (Å²) in [4.78, 5) is 16.2. The van der Waals surface area contributed by atoms with Crippen LogP contribution in [-0.2, 0) is 11.3 Å². The predicted molar refractivity (Wildman–Crippen MR) is 87.8 cm³/mol. The maximum Gasteiger partial charge on any atom is 0.230 e. The first-order valence-corrected chi connectivity index (χ1v) is 8.57. The van der Waals surface area contributed by atoms with Gasteiger partial charge in [-0.25, -0.2) is 4.98 Å². The average Bonchev–Trinajstić information content (AvgIpc) is 3.15. The van der Waals surface area contributed by atoms with Crippen molar-refractivity contribution in [3.63, 3.8) is 0 Å². The van der Waals surface area contributed by atoms with Crippen LogP contribution in [0.3, 0.4) is 0 Å². The number of fused-ring (bicyclic) bond motifs is 1. The number of amides is 1. The number of thioether (sulfide) groups is 1. The normalized spacial score (nSPS) is 10.9. The zero-order chi connectivity index (χ0) is 16.2. The van der Waals surface area contributed by atoms with Crippen molar-refractivity contribution >= 4 is 40.1 Å². The number of oxazole rings is 1. The maximum atomic E-state index is 11.8. The predicted octanol–water partition coefficient (Wildman–Crippen LogP) is 2.40. The Morgan fingerprint density at radius 3 is 3.04 bits per heavy atom. The van der Waals surface area contributed by atoms with Crippen LogP contribution >= 0.6 is 23.1 Å². The standard InChI is InChI=1S/C14H14N4O3S2/c1-8-17-18-14(23-8)22-7-12(19)15-6-13-16-10-5-9(20-2)3-4-11(10)21-13/h3-5H,6-7H2,1-2H3,(H,15,19). The number of nitrogens with one attached hydrogen (secondary N) is 1. The summed E-state index contributed by atoms with van der Waals surface area (Å²) in [5.41, 5.74) is 1.36. The molecule has 3 aromatic rings. The summed E-state index contributed by atoms with van der Waals surface area (Å²) < 4.78 is 11.5. The van der Waals surface area contributed by atoms with Crippen LogP contribution in [0.15, 0.2) is 27.0 Å². The van der Waals surface area contributed by atoms with Crippen molar-refractivity contribution < 1.29 is 13.9 Å². The summed E-state index contributed by atoms with van der Waals surface area (Å²) in [6, 6.07) is 5.38. The van der Waals surface area contributed by atoms with Gasteiger partial charge in [-0.2, -0.15) is 0 Å². The Hall–Kier alpha value is -2.13. The fourth-order valence-corrected chi connectivity index (χ4v) is 3.49. The van der Waals surface area contributed by atoms with Crippen molar-refractivity contribution in [2.24, 2.45) is 0 Å². The monoisotopic (exact) mass is 350 g/mol. The van der Waals surface area contributed by atoms with E-state index < -0.39 is 0 Å². The quantitative estimate of drug-likeness (QED) is 0.683. The van der Waals surface area contributed by atoms with Crippen LogP contribution < -0.4 is 10.1 Å². The lowest BCUT2D eigenvalue weighted by Crippen LogP contribution is -2.24. The fourth-order valence-electron chi connectivity index (χ4n) is 1.85. The minimum atomic E-state index is -0.109. The fraction of sp³-hybridized carbons (Fsp3) is 0.286. The smallest absolute Gasteiger partial charge is 0.230 e. The first-order valence-electron chi connectivity index (χ1n) is 6.77. The molecule has 0 radical (unpaired) electrons. The molecular weight excluding hydrogens is 336 g/mol. The molecule has 3 rings (SSSR count). The van der Waals surface area contributed by atoms with E-state index in [-0.39, 0.29) is 18.2 Å². The van der Waals surface area contributed by atoms with Gasteiger partial charge in [0, 0.05) is 6.07 Å². The van der Waals surface area contributed by atoms with Gasteiger partial charge < -0.3 is 14.5 Å². The van der Waals surface area contributed by atoms with Gasteiger partial charge in [-0.1, -0.05) is 23.1 Å². The van der Waals surface area contributed by atoms with E-state index in [0.717, 1.165) is 9.35 Å². The topological polar surface area (TPSA) is 90.1 Å². The summed E-state index contributed by atoms with van der Waals surface area (Å²) in [7, 11) is 1.60. The molecule has 0 atom stereocenters. The third-order valence-electron chi connectivity index (χ3n) is 2.91. The second kappa shape index (κ2) is 6.97. The Morgan fingerprint density at radius 2 is 2.30 bits per heavy atom. The Balaban J connectivity index is 1.54. The molecule has 23 heavy (non-hydrogen) atoms. The number of ether oxygens (including phenoxy) is 1. The van der Waals surface area contributed by atoms with E-state index in [2.05, 4.69) is 20.5 Å². The van der Waals surface area contributed by atoms with Gasteiger partial charge in [0.25, 0.3) is 0 Å². The number of carbonyl (C=O) groups is 1. The minimum absolute atomic E-state index is 0.109. The Kier molecular flexibility index (Phi) is 4.77. The Morgan fingerprint density at radius 1 is 1.43 bits per heavy atom. The molecule has 7 nitrogen and oxygen atoms in total. The van der Waals surface area contributed by atoms with E-state index in [1.165, 1.54) is 23.1 Å². The molecular formula is C14H14N4O3S2. The molecule has 0 fully saturated rings. The molecule has 9 heteroatoms. The number of methoxy groups -OCH3 is 1. The second-order valence-electron chi connectivity index (χ2n) is 4.59. The highest BCUT2D eigenvalue weighted by Gasteiger charge is 2.10. The van der Waals surface area contributed by atoms with Gasteiger partial charge in [0.1, 0.15) is 16.3 Å². The van der Waals surface area contributed by atoms with Crippen LogP contribution in [-0.4, -0.2) is 34.0 Å². The molecule has 0 unspecified atom stereocenters. The van der Waals surface area contributed by atoms with Gasteiger partial charge in [-0.3, -0.25) is 4.79 Å². The largest absolute Gasteiger partial charge is 0.497 e. The summed E-state index contributed by atoms with van der Waals surface area (Å²) in [5, 5.41) is 11.5. The van der Waals surface area contributed by atoms with Crippen molar-refractivity contribution in [3.05, 3.63) is 29.1 Å². The third-order valence-corrected chi connectivity index (χ3v) is 4.88. The van der Waals surface area contributed by atoms with Crippen LogP contribution in [0.2, 0.25) is 0 Å². The molecule has 2 aromatic heterocycles. The third kappa shape index (κ3) is 3.99.